The summed E-state index contributed by atoms with van der Waals surface area (Å²) in [6.45, 7) is 1.67. The highest BCUT2D eigenvalue weighted by atomic mass is 16.5. The lowest BCUT2D eigenvalue weighted by molar-refractivity contribution is -0.136. The van der Waals surface area contributed by atoms with Crippen LogP contribution in [0.5, 0.6) is 0 Å². The van der Waals surface area contributed by atoms with E-state index >= 15 is 0 Å². The van der Waals surface area contributed by atoms with Crippen molar-refractivity contribution in [1.82, 2.24) is 25.2 Å². The summed E-state index contributed by atoms with van der Waals surface area (Å²) in [5.74, 6) is -0.948. The molecule has 3 amide bonds. The van der Waals surface area contributed by atoms with Gasteiger partial charge < -0.3 is 14.7 Å². The Morgan fingerprint density at radius 3 is 2.78 bits per heavy atom. The first-order chi connectivity index (χ1) is 15.5. The fraction of sp³-hybridized carbons (Fsp3) is 0.500. The summed E-state index contributed by atoms with van der Waals surface area (Å²) in [5, 5.41) is 20.7. The summed E-state index contributed by atoms with van der Waals surface area (Å²) < 4.78 is 7.05. The van der Waals surface area contributed by atoms with E-state index in [1.165, 1.54) is 4.90 Å². The molecule has 0 spiro atoms. The number of amides is 3. The number of piperidine rings is 1. The number of benzene rings is 1. The van der Waals surface area contributed by atoms with Gasteiger partial charge in [-0.15, -0.1) is 5.10 Å². The van der Waals surface area contributed by atoms with Crippen LogP contribution in [0.3, 0.4) is 0 Å². The monoisotopic (exact) mass is 439 g/mol. The molecular formula is C22H25N5O5. The number of imide groups is 1. The zero-order chi connectivity index (χ0) is 22.3. The van der Waals surface area contributed by atoms with E-state index in [1.54, 1.807) is 10.7 Å². The van der Waals surface area contributed by atoms with Crippen LogP contribution in [-0.4, -0.2) is 68.6 Å². The molecule has 0 saturated carbocycles. The number of aliphatic hydroxyl groups is 1. The van der Waals surface area contributed by atoms with Crippen LogP contribution >= 0.6 is 0 Å². The standard InChI is InChI=1S/C22H25N5O5/c28-13-22(5-7-32-8-6-22)10-15-12-27(25-24-15)16-2-1-14-11-26(21(31)17(14)9-16)18-3-4-19(29)23-20(18)30/h1-2,9,12,18,28H,3-8,10-11,13H2,(H,23,29,30). The van der Waals surface area contributed by atoms with Crippen molar-refractivity contribution in [2.75, 3.05) is 19.8 Å². The van der Waals surface area contributed by atoms with Gasteiger partial charge in [0.15, 0.2) is 0 Å². The zero-order valence-corrected chi connectivity index (χ0v) is 17.6. The van der Waals surface area contributed by atoms with E-state index in [4.69, 9.17) is 4.74 Å². The Hall–Kier alpha value is -3.11. The maximum absolute atomic E-state index is 13.0. The molecule has 168 valence electrons. The quantitative estimate of drug-likeness (QED) is 0.644. The Balaban J connectivity index is 1.34. The number of ether oxygens (including phenoxy) is 1. The maximum Gasteiger partial charge on any atom is 0.255 e. The summed E-state index contributed by atoms with van der Waals surface area (Å²) in [6.07, 6.45) is 4.55. The van der Waals surface area contributed by atoms with Crippen molar-refractivity contribution in [3.8, 4) is 5.69 Å². The molecule has 2 aromatic rings. The first kappa shape index (κ1) is 20.8. The van der Waals surface area contributed by atoms with Gasteiger partial charge in [0.25, 0.3) is 5.91 Å². The second-order valence-electron chi connectivity index (χ2n) is 8.84. The Morgan fingerprint density at radius 1 is 1.22 bits per heavy atom. The van der Waals surface area contributed by atoms with E-state index in [2.05, 4.69) is 15.6 Å². The minimum atomic E-state index is -0.636. The number of fused-ring (bicyclic) bond motifs is 1. The second-order valence-corrected chi connectivity index (χ2v) is 8.84. The first-order valence-corrected chi connectivity index (χ1v) is 10.9. The fourth-order valence-corrected chi connectivity index (χ4v) is 4.77. The van der Waals surface area contributed by atoms with Crippen LogP contribution in [0.25, 0.3) is 5.69 Å². The molecule has 1 aromatic heterocycles. The number of aliphatic hydroxyl groups excluding tert-OH is 1. The van der Waals surface area contributed by atoms with E-state index in [0.29, 0.717) is 43.9 Å². The molecule has 2 fully saturated rings. The number of hydrogen-bond donors (Lipinski definition) is 2. The summed E-state index contributed by atoms with van der Waals surface area (Å²) >= 11 is 0. The van der Waals surface area contributed by atoms with E-state index < -0.39 is 11.9 Å². The summed E-state index contributed by atoms with van der Waals surface area (Å²) in [5.41, 5.74) is 2.60. The van der Waals surface area contributed by atoms with Gasteiger partial charge >= 0.3 is 0 Å². The Labute approximate surface area is 184 Å². The van der Waals surface area contributed by atoms with Crippen LogP contribution in [0.1, 0.15) is 47.3 Å². The molecule has 3 aliphatic rings. The molecule has 4 heterocycles. The molecule has 10 heteroatoms. The predicted octanol–water partition coefficient (Wildman–Crippen LogP) is 0.360. The van der Waals surface area contributed by atoms with Crippen LogP contribution in [-0.2, 0) is 27.3 Å². The van der Waals surface area contributed by atoms with Crippen LogP contribution in [0.4, 0.5) is 0 Å². The van der Waals surface area contributed by atoms with Gasteiger partial charge in [0, 0.05) is 50.2 Å². The van der Waals surface area contributed by atoms with Crippen LogP contribution in [0.15, 0.2) is 24.4 Å². The number of nitrogens with zero attached hydrogens (tertiary/aromatic N) is 4. The molecule has 5 rings (SSSR count). The molecule has 32 heavy (non-hydrogen) atoms. The predicted molar refractivity (Wildman–Crippen MR) is 111 cm³/mol. The highest BCUT2D eigenvalue weighted by molar-refractivity contribution is 6.05. The molecule has 3 aliphatic heterocycles. The normalized spacial score (nSPS) is 22.7. The van der Waals surface area contributed by atoms with Crippen molar-refractivity contribution in [2.24, 2.45) is 5.41 Å². The number of carbonyl (C=O) groups excluding carboxylic acids is 3. The fourth-order valence-electron chi connectivity index (χ4n) is 4.77. The van der Waals surface area contributed by atoms with Crippen molar-refractivity contribution in [2.45, 2.75) is 44.7 Å². The van der Waals surface area contributed by atoms with Gasteiger partial charge in [-0.3, -0.25) is 19.7 Å². The SMILES string of the molecule is O=C1CCC(N2Cc3ccc(-n4cc(CC5(CO)CCOCC5)nn4)cc3C2=O)C(=O)N1. The highest BCUT2D eigenvalue weighted by Gasteiger charge is 2.39. The average Bonchev–Trinajstić information content (AvgIpc) is 3.39. The summed E-state index contributed by atoms with van der Waals surface area (Å²) in [6, 6.07) is 4.86. The van der Waals surface area contributed by atoms with Crippen LogP contribution in [0, 0.1) is 5.41 Å². The third kappa shape index (κ3) is 3.69. The molecule has 1 aromatic carbocycles. The third-order valence-corrected chi connectivity index (χ3v) is 6.76. The molecule has 10 nitrogen and oxygen atoms in total. The van der Waals surface area contributed by atoms with Crippen molar-refractivity contribution in [1.29, 1.82) is 0 Å². The molecule has 1 unspecified atom stereocenters. The first-order valence-electron chi connectivity index (χ1n) is 10.9. The maximum atomic E-state index is 13.0. The van der Waals surface area contributed by atoms with Crippen LogP contribution in [0.2, 0.25) is 0 Å². The van der Waals surface area contributed by atoms with Gasteiger partial charge in [-0.05, 0) is 37.0 Å². The minimum Gasteiger partial charge on any atom is -0.396 e. The summed E-state index contributed by atoms with van der Waals surface area (Å²) in [4.78, 5) is 38.2. The second kappa shape index (κ2) is 8.10. The van der Waals surface area contributed by atoms with E-state index in [9.17, 15) is 19.5 Å². The average molecular weight is 439 g/mol. The van der Waals surface area contributed by atoms with Gasteiger partial charge in [0.2, 0.25) is 11.8 Å². The van der Waals surface area contributed by atoms with Gasteiger partial charge in [0.05, 0.1) is 17.6 Å². The van der Waals surface area contributed by atoms with E-state index in [-0.39, 0.29) is 30.3 Å². The topological polar surface area (TPSA) is 127 Å². The molecule has 2 saturated heterocycles. The number of rotatable bonds is 5. The third-order valence-electron chi connectivity index (χ3n) is 6.76. The van der Waals surface area contributed by atoms with Gasteiger partial charge in [-0.1, -0.05) is 11.3 Å². The molecule has 0 bridgehead atoms. The lowest BCUT2D eigenvalue weighted by Gasteiger charge is -2.34. The van der Waals surface area contributed by atoms with E-state index in [1.807, 2.05) is 18.3 Å². The van der Waals surface area contributed by atoms with Crippen molar-refractivity contribution in [3.63, 3.8) is 0 Å². The Morgan fingerprint density at radius 2 is 2.03 bits per heavy atom. The van der Waals surface area contributed by atoms with Gasteiger partial charge in [0.1, 0.15) is 6.04 Å². The smallest absolute Gasteiger partial charge is 0.255 e. The molecule has 2 N–H and O–H groups in total. The number of hydrogen-bond acceptors (Lipinski definition) is 7. The van der Waals surface area contributed by atoms with Crippen molar-refractivity contribution >= 4 is 17.7 Å². The van der Waals surface area contributed by atoms with Crippen molar-refractivity contribution in [3.05, 3.63) is 41.2 Å². The zero-order valence-electron chi connectivity index (χ0n) is 17.6. The summed E-state index contributed by atoms with van der Waals surface area (Å²) in [7, 11) is 0. The Bertz CT molecular complexity index is 1070. The Kier molecular flexibility index (Phi) is 5.26. The van der Waals surface area contributed by atoms with Gasteiger partial charge in [-0.25, -0.2) is 4.68 Å². The lowest BCUT2D eigenvalue weighted by atomic mass is 9.77. The molecular weight excluding hydrogens is 414 g/mol. The molecule has 1 atom stereocenters. The molecule has 0 aliphatic carbocycles. The largest absolute Gasteiger partial charge is 0.396 e. The number of carbonyl (C=O) groups is 3. The van der Waals surface area contributed by atoms with Crippen LogP contribution < -0.4 is 5.32 Å². The number of aromatic nitrogens is 3. The van der Waals surface area contributed by atoms with E-state index in [0.717, 1.165) is 24.1 Å². The molecule has 0 radical (unpaired) electrons. The number of nitrogens with one attached hydrogen (secondary N) is 1. The van der Waals surface area contributed by atoms with Crippen molar-refractivity contribution < 1.29 is 24.2 Å². The highest BCUT2D eigenvalue weighted by Crippen LogP contribution is 2.34. The van der Waals surface area contributed by atoms with Gasteiger partial charge in [-0.2, -0.15) is 0 Å². The lowest BCUT2D eigenvalue weighted by Crippen LogP contribution is -2.52. The minimum absolute atomic E-state index is 0.0761.